The molecule has 0 aromatic heterocycles. The van der Waals surface area contributed by atoms with Crippen LogP contribution in [0, 0.1) is 11.8 Å². The van der Waals surface area contributed by atoms with Crippen molar-refractivity contribution in [2.24, 2.45) is 11.8 Å². The van der Waals surface area contributed by atoms with Gasteiger partial charge in [0.25, 0.3) is 0 Å². The predicted molar refractivity (Wildman–Crippen MR) is 81.9 cm³/mol. The van der Waals surface area contributed by atoms with Crippen molar-refractivity contribution in [2.75, 3.05) is 6.61 Å². The normalized spacial score (nSPS) is 22.7. The number of carboxylic acids is 1. The van der Waals surface area contributed by atoms with Crippen molar-refractivity contribution in [1.82, 2.24) is 0 Å². The first kappa shape index (κ1) is 17.5. The Morgan fingerprint density at radius 3 is 2.70 bits per heavy atom. The Morgan fingerprint density at radius 2 is 2.00 bits per heavy atom. The van der Waals surface area contributed by atoms with E-state index >= 15 is 0 Å². The first-order chi connectivity index (χ1) is 9.63. The van der Waals surface area contributed by atoms with E-state index < -0.39 is 5.97 Å². The molecule has 1 fully saturated rings. The highest BCUT2D eigenvalue weighted by atomic mass is 16.5. The average Bonchev–Trinajstić information content (AvgIpc) is 3.12. The summed E-state index contributed by atoms with van der Waals surface area (Å²) in [5.41, 5.74) is 0. The monoisotopic (exact) mass is 284 g/mol. The smallest absolute Gasteiger partial charge is 0.303 e. The van der Waals surface area contributed by atoms with E-state index in [-0.39, 0.29) is 0 Å². The second-order valence-electron chi connectivity index (χ2n) is 6.37. The van der Waals surface area contributed by atoms with Gasteiger partial charge in [-0.25, -0.2) is 0 Å². The van der Waals surface area contributed by atoms with Crippen molar-refractivity contribution in [2.45, 2.75) is 84.2 Å². The number of carboxylic acid groups (broad SMARTS) is 1. The zero-order chi connectivity index (χ0) is 14.8. The van der Waals surface area contributed by atoms with Crippen LogP contribution in [0.1, 0.15) is 78.1 Å². The first-order valence-electron chi connectivity index (χ1n) is 8.46. The Bertz CT molecular complexity index is 265. The molecule has 1 aliphatic rings. The van der Waals surface area contributed by atoms with Crippen molar-refractivity contribution in [3.05, 3.63) is 0 Å². The lowest BCUT2D eigenvalue weighted by Crippen LogP contribution is -2.10. The Hall–Kier alpha value is -0.570. The topological polar surface area (TPSA) is 46.5 Å². The van der Waals surface area contributed by atoms with E-state index in [4.69, 9.17) is 9.84 Å². The van der Waals surface area contributed by atoms with Gasteiger partial charge < -0.3 is 9.84 Å². The van der Waals surface area contributed by atoms with Gasteiger partial charge in [-0.1, -0.05) is 39.0 Å². The van der Waals surface area contributed by atoms with Crippen LogP contribution in [0.15, 0.2) is 0 Å². The van der Waals surface area contributed by atoms with Crippen LogP contribution in [0.25, 0.3) is 0 Å². The Balaban J connectivity index is 1.90. The van der Waals surface area contributed by atoms with Crippen molar-refractivity contribution < 1.29 is 14.6 Å². The van der Waals surface area contributed by atoms with Gasteiger partial charge in [0.2, 0.25) is 0 Å². The number of unbranched alkanes of at least 4 members (excludes halogenated alkanes) is 4. The molecule has 0 aliphatic heterocycles. The Morgan fingerprint density at radius 1 is 1.20 bits per heavy atom. The molecule has 0 bridgehead atoms. The highest BCUT2D eigenvalue weighted by Crippen LogP contribution is 2.45. The van der Waals surface area contributed by atoms with Gasteiger partial charge in [-0.3, -0.25) is 4.79 Å². The van der Waals surface area contributed by atoms with Gasteiger partial charge in [0.15, 0.2) is 0 Å². The molecule has 0 radical (unpaired) electrons. The number of aliphatic carboxylic acids is 1. The molecule has 1 saturated carbocycles. The summed E-state index contributed by atoms with van der Waals surface area (Å²) in [7, 11) is 0. The van der Waals surface area contributed by atoms with E-state index in [9.17, 15) is 4.79 Å². The van der Waals surface area contributed by atoms with Crippen LogP contribution in [0.2, 0.25) is 0 Å². The highest BCUT2D eigenvalue weighted by molar-refractivity contribution is 5.66. The van der Waals surface area contributed by atoms with Gasteiger partial charge in [-0.05, 0) is 44.4 Å². The van der Waals surface area contributed by atoms with E-state index in [0.717, 1.165) is 31.3 Å². The molecule has 20 heavy (non-hydrogen) atoms. The Labute approximate surface area is 124 Å². The lowest BCUT2D eigenvalue weighted by Gasteiger charge is -2.12. The first-order valence-corrected chi connectivity index (χ1v) is 8.46. The maximum absolute atomic E-state index is 10.4. The molecule has 0 heterocycles. The fourth-order valence-electron chi connectivity index (χ4n) is 2.94. The van der Waals surface area contributed by atoms with Crippen LogP contribution in [-0.4, -0.2) is 23.8 Å². The highest BCUT2D eigenvalue weighted by Gasteiger charge is 2.36. The zero-order valence-electron chi connectivity index (χ0n) is 13.3. The largest absolute Gasteiger partial charge is 0.481 e. The minimum absolute atomic E-state index is 0.330. The fourth-order valence-corrected chi connectivity index (χ4v) is 2.94. The lowest BCUT2D eigenvalue weighted by molar-refractivity contribution is -0.137. The summed E-state index contributed by atoms with van der Waals surface area (Å²) in [6.07, 6.45) is 11.4. The maximum atomic E-state index is 10.4. The van der Waals surface area contributed by atoms with Gasteiger partial charge in [0, 0.05) is 13.0 Å². The zero-order valence-corrected chi connectivity index (χ0v) is 13.3. The number of rotatable bonds is 13. The maximum Gasteiger partial charge on any atom is 0.303 e. The fraction of sp³-hybridized carbons (Fsp3) is 0.941. The number of ether oxygens (including phenoxy) is 1. The van der Waals surface area contributed by atoms with Crippen LogP contribution in [0.4, 0.5) is 0 Å². The summed E-state index contributed by atoms with van der Waals surface area (Å²) < 4.78 is 5.85. The molecule has 0 aromatic rings. The molecule has 0 spiro atoms. The SMILES string of the molecule is CCCCCOC(C)CC1CC1CCCCCC(=O)O. The van der Waals surface area contributed by atoms with Crippen molar-refractivity contribution in [3.8, 4) is 0 Å². The molecule has 1 N–H and O–H groups in total. The predicted octanol–water partition coefficient (Wildman–Crippen LogP) is 4.64. The molecule has 3 nitrogen and oxygen atoms in total. The third-order valence-corrected chi connectivity index (χ3v) is 4.32. The summed E-state index contributed by atoms with van der Waals surface area (Å²) in [5, 5.41) is 8.57. The quantitative estimate of drug-likeness (QED) is 0.501. The van der Waals surface area contributed by atoms with Crippen LogP contribution < -0.4 is 0 Å². The summed E-state index contributed by atoms with van der Waals surface area (Å²) in [4.78, 5) is 10.4. The van der Waals surface area contributed by atoms with Crippen molar-refractivity contribution >= 4 is 5.97 Å². The van der Waals surface area contributed by atoms with Crippen LogP contribution in [0.5, 0.6) is 0 Å². The van der Waals surface area contributed by atoms with E-state index in [1.165, 1.54) is 44.9 Å². The van der Waals surface area contributed by atoms with Gasteiger partial charge in [0.05, 0.1) is 6.10 Å². The lowest BCUT2D eigenvalue weighted by atomic mass is 10.1. The molecule has 0 saturated heterocycles. The molecular weight excluding hydrogens is 252 g/mol. The number of hydrogen-bond donors (Lipinski definition) is 1. The summed E-state index contributed by atoms with van der Waals surface area (Å²) >= 11 is 0. The average molecular weight is 284 g/mol. The van der Waals surface area contributed by atoms with E-state index in [1.54, 1.807) is 0 Å². The molecule has 3 unspecified atom stereocenters. The Kier molecular flexibility index (Phi) is 8.92. The minimum Gasteiger partial charge on any atom is -0.481 e. The third-order valence-electron chi connectivity index (χ3n) is 4.32. The molecule has 1 rings (SSSR count). The van der Waals surface area contributed by atoms with E-state index in [2.05, 4.69) is 13.8 Å². The standard InChI is InChI=1S/C17H32O3/c1-3-4-8-11-20-14(2)12-16-13-15(16)9-6-5-7-10-17(18)19/h14-16H,3-13H2,1-2H3,(H,18,19). The molecule has 3 atom stereocenters. The van der Waals surface area contributed by atoms with E-state index in [0.29, 0.717) is 12.5 Å². The van der Waals surface area contributed by atoms with Crippen molar-refractivity contribution in [1.29, 1.82) is 0 Å². The third kappa shape index (κ3) is 8.57. The van der Waals surface area contributed by atoms with Gasteiger partial charge in [0.1, 0.15) is 0 Å². The molecule has 118 valence electrons. The molecule has 1 aliphatic carbocycles. The molecular formula is C17H32O3. The number of hydrogen-bond acceptors (Lipinski definition) is 2. The number of carbonyl (C=O) groups is 1. The van der Waals surface area contributed by atoms with Crippen LogP contribution in [-0.2, 0) is 9.53 Å². The second kappa shape index (κ2) is 10.2. The molecule has 3 heteroatoms. The van der Waals surface area contributed by atoms with E-state index in [1.807, 2.05) is 0 Å². The summed E-state index contributed by atoms with van der Waals surface area (Å²) in [5.74, 6) is 1.10. The van der Waals surface area contributed by atoms with Gasteiger partial charge in [-0.2, -0.15) is 0 Å². The van der Waals surface area contributed by atoms with Gasteiger partial charge >= 0.3 is 5.97 Å². The summed E-state index contributed by atoms with van der Waals surface area (Å²) in [6, 6.07) is 0. The van der Waals surface area contributed by atoms with Crippen LogP contribution in [0.3, 0.4) is 0 Å². The summed E-state index contributed by atoms with van der Waals surface area (Å²) in [6.45, 7) is 5.34. The second-order valence-corrected chi connectivity index (χ2v) is 6.37. The van der Waals surface area contributed by atoms with Crippen LogP contribution >= 0.6 is 0 Å². The minimum atomic E-state index is -0.664. The van der Waals surface area contributed by atoms with Gasteiger partial charge in [-0.15, -0.1) is 0 Å². The van der Waals surface area contributed by atoms with Crippen molar-refractivity contribution in [3.63, 3.8) is 0 Å². The molecule has 0 amide bonds. The molecule has 0 aromatic carbocycles.